The van der Waals surface area contributed by atoms with Crippen LogP contribution in [0.25, 0.3) is 11.4 Å². The van der Waals surface area contributed by atoms with Crippen LogP contribution in [0.4, 0.5) is 16.3 Å². The minimum atomic E-state index is -2.90. The van der Waals surface area contributed by atoms with Gasteiger partial charge in [-0.1, -0.05) is 12.8 Å². The average Bonchev–Trinajstić information content (AvgIpc) is 3.35. The number of aliphatic hydroxyl groups excluding tert-OH is 1. The van der Waals surface area contributed by atoms with Gasteiger partial charge in [0.15, 0.2) is 5.82 Å². The van der Waals surface area contributed by atoms with E-state index in [1.165, 1.54) is 6.26 Å². The molecule has 1 saturated carbocycles. The average molecular weight is 492 g/mol. The first-order chi connectivity index (χ1) is 16.3. The summed E-state index contributed by atoms with van der Waals surface area (Å²) in [5.74, 6) is 1.26. The van der Waals surface area contributed by atoms with E-state index < -0.39 is 21.4 Å². The second-order valence-corrected chi connectivity index (χ2v) is 11.2. The second-order valence-electron chi connectivity index (χ2n) is 8.75. The molecule has 1 aliphatic carbocycles. The van der Waals surface area contributed by atoms with Gasteiger partial charge in [-0.05, 0) is 37.1 Å². The smallest absolute Gasteiger partial charge is 0.319 e. The third-order valence-electron chi connectivity index (χ3n) is 6.46. The standard InChI is InChI=1S/C23H33N5O5S/c1-34(31,32)23(8-2-3-9-23)19-16-20(28-11-14-33-15-12-28)27-21(26-19)17-4-6-18(7-5-17)25-22(30)24-10-13-29/h4-7,16,29,31-32H,2-3,8-15H2,1H3,(H2,24,25,30). The predicted octanol–water partition coefficient (Wildman–Crippen LogP) is 3.24. The summed E-state index contributed by atoms with van der Waals surface area (Å²) in [4.78, 5) is 23.7. The van der Waals surface area contributed by atoms with Crippen molar-refractivity contribution in [3.8, 4) is 11.4 Å². The monoisotopic (exact) mass is 491 g/mol. The van der Waals surface area contributed by atoms with Crippen LogP contribution in [0.1, 0.15) is 31.4 Å². The lowest BCUT2D eigenvalue weighted by atomic mass is 10.0. The number of nitrogens with zero attached hydrogens (tertiary/aromatic N) is 3. The molecule has 0 bridgehead atoms. The predicted molar refractivity (Wildman–Crippen MR) is 134 cm³/mol. The third-order valence-corrected chi connectivity index (χ3v) is 8.56. The number of morpholine rings is 1. The molecule has 10 nitrogen and oxygen atoms in total. The molecule has 2 aliphatic rings. The Balaban J connectivity index is 1.69. The summed E-state index contributed by atoms with van der Waals surface area (Å²) in [6.07, 6.45) is 4.73. The maximum atomic E-state index is 11.8. The highest BCUT2D eigenvalue weighted by atomic mass is 32.3. The Morgan fingerprint density at radius 3 is 2.44 bits per heavy atom. The Kier molecular flexibility index (Phi) is 7.58. The van der Waals surface area contributed by atoms with Crippen LogP contribution in [0.2, 0.25) is 0 Å². The molecule has 0 unspecified atom stereocenters. The summed E-state index contributed by atoms with van der Waals surface area (Å²) in [6.45, 7) is 2.68. The number of amides is 2. The Hall–Kier alpha value is -2.44. The Bertz CT molecular complexity index is 986. The van der Waals surface area contributed by atoms with Crippen molar-refractivity contribution in [2.45, 2.75) is 30.4 Å². The molecule has 4 rings (SSSR count). The number of ether oxygens (including phenoxy) is 1. The van der Waals surface area contributed by atoms with Crippen molar-refractivity contribution in [3.05, 3.63) is 36.0 Å². The number of hydrogen-bond donors (Lipinski definition) is 5. The third kappa shape index (κ3) is 5.28. The molecule has 2 heterocycles. The number of urea groups is 1. The van der Waals surface area contributed by atoms with Crippen LogP contribution in [0.5, 0.6) is 0 Å². The van der Waals surface area contributed by atoms with Crippen molar-refractivity contribution >= 4 is 28.1 Å². The molecule has 2 amide bonds. The molecule has 0 radical (unpaired) electrons. The van der Waals surface area contributed by atoms with Gasteiger partial charge in [0.2, 0.25) is 0 Å². The quantitative estimate of drug-likeness (QED) is 0.398. The van der Waals surface area contributed by atoms with Crippen molar-refractivity contribution < 1.29 is 23.7 Å². The maximum absolute atomic E-state index is 11.8. The van der Waals surface area contributed by atoms with E-state index in [0.717, 1.165) is 24.2 Å². The van der Waals surface area contributed by atoms with Crippen molar-refractivity contribution in [1.82, 2.24) is 15.3 Å². The Morgan fingerprint density at radius 1 is 1.15 bits per heavy atom. The van der Waals surface area contributed by atoms with Gasteiger partial charge < -0.3 is 25.4 Å². The SMILES string of the molecule is CS(O)(O)C1(c2cc(N3CCOCC3)nc(-c3ccc(NC(=O)NCCO)cc3)n2)CCCC1. The van der Waals surface area contributed by atoms with E-state index in [2.05, 4.69) is 15.5 Å². The van der Waals surface area contributed by atoms with Crippen LogP contribution in [0.15, 0.2) is 30.3 Å². The highest BCUT2D eigenvalue weighted by Crippen LogP contribution is 2.63. The van der Waals surface area contributed by atoms with Crippen molar-refractivity contribution in [3.63, 3.8) is 0 Å². The number of benzene rings is 1. The molecule has 5 N–H and O–H groups in total. The molecule has 186 valence electrons. The first-order valence-electron chi connectivity index (χ1n) is 11.5. The highest BCUT2D eigenvalue weighted by Gasteiger charge is 2.46. The zero-order valence-electron chi connectivity index (χ0n) is 19.4. The van der Waals surface area contributed by atoms with Crippen molar-refractivity contribution in [2.75, 3.05) is 55.9 Å². The second kappa shape index (κ2) is 10.4. The van der Waals surface area contributed by atoms with Crippen LogP contribution in [0, 0.1) is 0 Å². The largest absolute Gasteiger partial charge is 0.395 e. The van der Waals surface area contributed by atoms with Gasteiger partial charge in [-0.3, -0.25) is 9.11 Å². The summed E-state index contributed by atoms with van der Waals surface area (Å²) >= 11 is 0. The molecule has 2 aromatic rings. The topological polar surface area (TPSA) is 140 Å². The summed E-state index contributed by atoms with van der Waals surface area (Å²) < 4.78 is 26.4. The maximum Gasteiger partial charge on any atom is 0.319 e. The van der Waals surface area contributed by atoms with E-state index in [4.69, 9.17) is 19.8 Å². The van der Waals surface area contributed by atoms with Crippen LogP contribution >= 0.6 is 10.6 Å². The summed E-state index contributed by atoms with van der Waals surface area (Å²) in [5.41, 5.74) is 2.03. The van der Waals surface area contributed by atoms with Crippen LogP contribution in [-0.2, 0) is 9.48 Å². The minimum Gasteiger partial charge on any atom is -0.395 e. The van der Waals surface area contributed by atoms with Gasteiger partial charge in [0.1, 0.15) is 10.6 Å². The van der Waals surface area contributed by atoms with Crippen molar-refractivity contribution in [2.24, 2.45) is 0 Å². The Morgan fingerprint density at radius 2 is 1.82 bits per heavy atom. The molecule has 1 aromatic carbocycles. The molecule has 11 heteroatoms. The van der Waals surface area contributed by atoms with Crippen LogP contribution in [-0.4, -0.2) is 75.9 Å². The van der Waals surface area contributed by atoms with Gasteiger partial charge in [0.05, 0.1) is 25.5 Å². The number of hydrogen-bond acceptors (Lipinski definition) is 8. The van der Waals surface area contributed by atoms with Gasteiger partial charge in [-0.2, -0.15) is 10.6 Å². The van der Waals surface area contributed by atoms with Crippen LogP contribution < -0.4 is 15.5 Å². The van der Waals surface area contributed by atoms with Gasteiger partial charge in [-0.25, -0.2) is 14.8 Å². The lowest BCUT2D eigenvalue weighted by molar-refractivity contribution is 0.122. The number of carbonyl (C=O) groups excluding carboxylic acids is 1. The summed E-state index contributed by atoms with van der Waals surface area (Å²) in [6, 6.07) is 8.70. The van der Waals surface area contributed by atoms with E-state index in [1.807, 2.05) is 18.2 Å². The number of nitrogens with one attached hydrogen (secondary N) is 2. The lowest BCUT2D eigenvalue weighted by Crippen LogP contribution is -2.37. The minimum absolute atomic E-state index is 0.130. The normalized spacial score (nSPS) is 18.5. The van der Waals surface area contributed by atoms with Gasteiger partial charge in [0, 0.05) is 43.2 Å². The number of aliphatic hydroxyl groups is 1. The lowest BCUT2D eigenvalue weighted by Gasteiger charge is -2.46. The fourth-order valence-corrected chi connectivity index (χ4v) is 6.15. The van der Waals surface area contributed by atoms with Gasteiger partial charge in [0.25, 0.3) is 0 Å². The van der Waals surface area contributed by atoms with E-state index >= 15 is 0 Å². The molecule has 0 atom stereocenters. The fraction of sp³-hybridized carbons (Fsp3) is 0.522. The van der Waals surface area contributed by atoms with E-state index in [0.29, 0.717) is 56.4 Å². The number of anilines is 2. The zero-order valence-corrected chi connectivity index (χ0v) is 20.2. The van der Waals surface area contributed by atoms with Crippen LogP contribution in [0.3, 0.4) is 0 Å². The summed E-state index contributed by atoms with van der Waals surface area (Å²) in [5, 5.41) is 14.1. The highest BCUT2D eigenvalue weighted by molar-refractivity contribution is 8.24. The molecule has 34 heavy (non-hydrogen) atoms. The number of aromatic nitrogens is 2. The Labute approximate surface area is 201 Å². The van der Waals surface area contributed by atoms with Gasteiger partial charge >= 0.3 is 6.03 Å². The fourth-order valence-electron chi connectivity index (χ4n) is 4.59. The van der Waals surface area contributed by atoms with Crippen molar-refractivity contribution in [1.29, 1.82) is 0 Å². The molecule has 1 aromatic heterocycles. The molecule has 1 aliphatic heterocycles. The van der Waals surface area contributed by atoms with E-state index in [1.54, 1.807) is 12.1 Å². The number of rotatable bonds is 7. The van der Waals surface area contributed by atoms with E-state index in [9.17, 15) is 13.9 Å². The van der Waals surface area contributed by atoms with E-state index in [-0.39, 0.29) is 13.2 Å². The summed E-state index contributed by atoms with van der Waals surface area (Å²) in [7, 11) is -2.90. The molecule has 0 spiro atoms. The molecular weight excluding hydrogens is 458 g/mol. The van der Waals surface area contributed by atoms with Gasteiger partial charge in [-0.15, -0.1) is 0 Å². The first-order valence-corrected chi connectivity index (χ1v) is 13.5. The molecule has 1 saturated heterocycles. The molecular formula is C23H33N5O5S. The zero-order chi connectivity index (χ0) is 24.2. The first kappa shape index (κ1) is 24.7. The molecule has 2 fully saturated rings. The number of carbonyl (C=O) groups is 1.